The van der Waals surface area contributed by atoms with Gasteiger partial charge >= 0.3 is 0 Å². The molecule has 0 aliphatic heterocycles. The van der Waals surface area contributed by atoms with E-state index in [1.165, 1.54) is 11.3 Å². The topological polar surface area (TPSA) is 60.9 Å². The molecule has 0 aliphatic carbocycles. The Hall–Kier alpha value is -3.19. The number of thiazole rings is 1. The number of hydrogen-bond donors (Lipinski definition) is 0. The maximum absolute atomic E-state index is 13.0. The zero-order chi connectivity index (χ0) is 19.7. The highest BCUT2D eigenvalue weighted by molar-refractivity contribution is 7.16. The van der Waals surface area contributed by atoms with Crippen LogP contribution in [0, 0.1) is 6.92 Å². The van der Waals surface area contributed by atoms with E-state index >= 15 is 0 Å². The van der Waals surface area contributed by atoms with Gasteiger partial charge in [-0.25, -0.2) is 4.98 Å². The molecule has 3 heterocycles. The number of fused-ring (bicyclic) bond motifs is 2. The second-order valence-electron chi connectivity index (χ2n) is 6.24. The zero-order valence-corrected chi connectivity index (χ0v) is 16.6. The number of hydrogen-bond acceptors (Lipinski definition) is 4. The summed E-state index contributed by atoms with van der Waals surface area (Å²) >= 11 is 1.46. The lowest BCUT2D eigenvalue weighted by molar-refractivity contribution is 0.0991. The minimum absolute atomic E-state index is 0.314. The smallest absolute Gasteiger partial charge is 0.298 e. The summed E-state index contributed by atoms with van der Waals surface area (Å²) < 4.78 is 10.4. The lowest BCUT2D eigenvalue weighted by atomic mass is 10.3. The number of pyridine rings is 1. The van der Waals surface area contributed by atoms with E-state index < -0.39 is 0 Å². The van der Waals surface area contributed by atoms with Crippen LogP contribution in [0.1, 0.15) is 23.1 Å². The Labute approximate surface area is 166 Å². The molecule has 0 saturated carbocycles. The molecule has 3 aromatic heterocycles. The van der Waals surface area contributed by atoms with Gasteiger partial charge in [0.05, 0.1) is 22.5 Å². The van der Waals surface area contributed by atoms with Crippen LogP contribution in [0.4, 0.5) is 0 Å². The van der Waals surface area contributed by atoms with Crippen LogP contribution in [0.2, 0.25) is 0 Å². The van der Waals surface area contributed by atoms with E-state index in [0.29, 0.717) is 29.3 Å². The molecule has 4 rings (SSSR count). The van der Waals surface area contributed by atoms with Gasteiger partial charge in [-0.05, 0) is 44.2 Å². The fourth-order valence-electron chi connectivity index (χ4n) is 3.21. The van der Waals surface area contributed by atoms with Crippen molar-refractivity contribution in [2.45, 2.75) is 20.4 Å². The average Bonchev–Trinajstić information content (AvgIpc) is 3.18. The van der Waals surface area contributed by atoms with Crippen LogP contribution in [-0.2, 0) is 6.54 Å². The van der Waals surface area contributed by atoms with Gasteiger partial charge in [-0.3, -0.25) is 9.20 Å². The van der Waals surface area contributed by atoms with Crippen molar-refractivity contribution in [3.05, 3.63) is 71.4 Å². The summed E-state index contributed by atoms with van der Waals surface area (Å²) in [6.07, 6.45) is 3.63. The van der Waals surface area contributed by atoms with Crippen molar-refractivity contribution in [1.29, 1.82) is 0 Å². The third-order valence-corrected chi connectivity index (χ3v) is 5.42. The molecule has 0 radical (unpaired) electrons. The summed E-state index contributed by atoms with van der Waals surface area (Å²) in [7, 11) is 0. The third kappa shape index (κ3) is 3.14. The lowest BCUT2D eigenvalue weighted by Crippen LogP contribution is -2.17. The molecule has 142 valence electrons. The first-order valence-corrected chi connectivity index (χ1v) is 9.84. The molecule has 0 aliphatic rings. The first kappa shape index (κ1) is 18.2. The summed E-state index contributed by atoms with van der Waals surface area (Å²) in [5, 5.41) is 0. The Morgan fingerprint density at radius 1 is 1.36 bits per heavy atom. The lowest BCUT2D eigenvalue weighted by Gasteiger charge is -2.04. The number of rotatable bonds is 5. The molecule has 0 spiro atoms. The maximum atomic E-state index is 13.0. The third-order valence-electron chi connectivity index (χ3n) is 4.38. The van der Waals surface area contributed by atoms with Crippen molar-refractivity contribution in [3.8, 4) is 5.75 Å². The first-order chi connectivity index (χ1) is 13.6. The Morgan fingerprint density at radius 3 is 3.00 bits per heavy atom. The maximum Gasteiger partial charge on any atom is 0.298 e. The predicted octanol–water partition coefficient (Wildman–Crippen LogP) is 3.98. The number of nitrogens with zero attached hydrogens (tertiary/aromatic N) is 4. The summed E-state index contributed by atoms with van der Waals surface area (Å²) in [6, 6.07) is 11.5. The van der Waals surface area contributed by atoms with Crippen LogP contribution in [0.25, 0.3) is 15.9 Å². The summed E-state index contributed by atoms with van der Waals surface area (Å²) in [6.45, 7) is 8.78. The summed E-state index contributed by atoms with van der Waals surface area (Å²) in [5.41, 5.74) is 2.87. The number of aromatic nitrogens is 3. The number of benzene rings is 1. The van der Waals surface area contributed by atoms with Gasteiger partial charge in [-0.1, -0.05) is 23.5 Å². The van der Waals surface area contributed by atoms with Crippen molar-refractivity contribution in [2.75, 3.05) is 6.61 Å². The average molecular weight is 392 g/mol. The molecule has 1 aromatic carbocycles. The Balaban J connectivity index is 1.87. The fraction of sp³-hybridized carbons (Fsp3) is 0.190. The molecule has 0 saturated heterocycles. The van der Waals surface area contributed by atoms with E-state index in [-0.39, 0.29) is 5.91 Å². The number of carbonyl (C=O) groups excluding carboxylic acids is 1. The fourth-order valence-corrected chi connectivity index (χ4v) is 4.28. The van der Waals surface area contributed by atoms with Gasteiger partial charge in [0.1, 0.15) is 17.1 Å². The van der Waals surface area contributed by atoms with Gasteiger partial charge in [0.15, 0.2) is 4.80 Å². The van der Waals surface area contributed by atoms with Gasteiger partial charge < -0.3 is 9.30 Å². The summed E-state index contributed by atoms with van der Waals surface area (Å²) in [4.78, 5) is 22.5. The van der Waals surface area contributed by atoms with Crippen molar-refractivity contribution in [2.24, 2.45) is 4.99 Å². The van der Waals surface area contributed by atoms with E-state index in [2.05, 4.69) is 16.6 Å². The highest BCUT2D eigenvalue weighted by atomic mass is 32.1. The van der Waals surface area contributed by atoms with Crippen molar-refractivity contribution >= 4 is 33.1 Å². The number of imidazole rings is 1. The first-order valence-electron chi connectivity index (χ1n) is 9.02. The quantitative estimate of drug-likeness (QED) is 0.483. The van der Waals surface area contributed by atoms with E-state index in [0.717, 1.165) is 21.6 Å². The molecule has 0 unspecified atom stereocenters. The van der Waals surface area contributed by atoms with Gasteiger partial charge in [0, 0.05) is 12.7 Å². The van der Waals surface area contributed by atoms with Gasteiger partial charge in [-0.2, -0.15) is 4.99 Å². The molecule has 0 atom stereocenters. The Morgan fingerprint density at radius 2 is 2.21 bits per heavy atom. The zero-order valence-electron chi connectivity index (χ0n) is 15.8. The molecule has 7 heteroatoms. The van der Waals surface area contributed by atoms with Crippen LogP contribution >= 0.6 is 11.3 Å². The molecule has 28 heavy (non-hydrogen) atoms. The number of amides is 1. The number of ether oxygens (including phenoxy) is 1. The normalized spacial score (nSPS) is 12.0. The van der Waals surface area contributed by atoms with Crippen molar-refractivity contribution < 1.29 is 9.53 Å². The monoisotopic (exact) mass is 392 g/mol. The summed E-state index contributed by atoms with van der Waals surface area (Å²) in [5.74, 6) is 0.489. The second kappa shape index (κ2) is 7.44. The molecule has 1 amide bonds. The standard InChI is InChI=1S/C21H20N4O2S/c1-4-11-24-16-10-9-15(27-5-2)13-17(16)28-21(24)23-20(26)19-14(3)22-18-8-6-7-12-25(18)19/h4,6-10,12-13H,1,5,11H2,2-3H3. The number of aryl methyl sites for hydroxylation is 1. The highest BCUT2D eigenvalue weighted by Crippen LogP contribution is 2.24. The van der Waals surface area contributed by atoms with Crippen LogP contribution in [0.3, 0.4) is 0 Å². The van der Waals surface area contributed by atoms with Crippen LogP contribution in [0.15, 0.2) is 60.2 Å². The van der Waals surface area contributed by atoms with E-state index in [1.54, 1.807) is 10.5 Å². The molecule has 6 nitrogen and oxygen atoms in total. The molecule has 0 bridgehead atoms. The molecular formula is C21H20N4O2S. The predicted molar refractivity (Wildman–Crippen MR) is 111 cm³/mol. The number of allylic oxidation sites excluding steroid dienone is 1. The van der Waals surface area contributed by atoms with Gasteiger partial charge in [-0.15, -0.1) is 6.58 Å². The van der Waals surface area contributed by atoms with Gasteiger partial charge in [0.2, 0.25) is 0 Å². The highest BCUT2D eigenvalue weighted by Gasteiger charge is 2.16. The van der Waals surface area contributed by atoms with E-state index in [1.807, 2.05) is 61.0 Å². The SMILES string of the molecule is C=CCn1c(=NC(=O)c2c(C)nc3ccccn23)sc2cc(OCC)ccc21. The minimum atomic E-state index is -0.314. The minimum Gasteiger partial charge on any atom is -0.494 e. The van der Waals surface area contributed by atoms with E-state index in [4.69, 9.17) is 4.74 Å². The van der Waals surface area contributed by atoms with Crippen molar-refractivity contribution in [3.63, 3.8) is 0 Å². The van der Waals surface area contributed by atoms with Gasteiger partial charge in [0.25, 0.3) is 5.91 Å². The molecule has 0 N–H and O–H groups in total. The Bertz CT molecular complexity index is 1260. The second-order valence-corrected chi connectivity index (χ2v) is 7.25. The van der Waals surface area contributed by atoms with Crippen LogP contribution in [0.5, 0.6) is 5.75 Å². The van der Waals surface area contributed by atoms with E-state index in [9.17, 15) is 4.79 Å². The van der Waals surface area contributed by atoms with Crippen LogP contribution < -0.4 is 9.54 Å². The van der Waals surface area contributed by atoms with Crippen LogP contribution in [-0.4, -0.2) is 26.5 Å². The van der Waals surface area contributed by atoms with Crippen molar-refractivity contribution in [1.82, 2.24) is 14.0 Å². The Kier molecular flexibility index (Phi) is 4.83. The largest absolute Gasteiger partial charge is 0.494 e. The molecule has 0 fully saturated rings. The molecule has 4 aromatic rings. The number of carbonyl (C=O) groups is 1. The molecular weight excluding hydrogens is 372 g/mol.